The van der Waals surface area contributed by atoms with Gasteiger partial charge >= 0.3 is 5.97 Å². The van der Waals surface area contributed by atoms with Crippen LogP contribution in [0.2, 0.25) is 0 Å². The number of nitrogens with one attached hydrogen (secondary N) is 1. The van der Waals surface area contributed by atoms with Crippen molar-refractivity contribution in [2.45, 2.75) is 138 Å². The minimum Gasteiger partial charge on any atom is -0.481 e. The van der Waals surface area contributed by atoms with E-state index in [1.165, 1.54) is 44.1 Å². The molecule has 7 aliphatic rings. The number of carbonyl (C=O) groups is 4. The zero-order valence-corrected chi connectivity index (χ0v) is 31.0. The van der Waals surface area contributed by atoms with Crippen LogP contribution in [0.3, 0.4) is 0 Å². The van der Waals surface area contributed by atoms with E-state index in [0.29, 0.717) is 67.0 Å². The molecule has 0 radical (unpaired) electrons. The summed E-state index contributed by atoms with van der Waals surface area (Å²) < 4.78 is 0. The number of rotatable bonds is 9. The molecule has 11 atom stereocenters. The molecular weight excluding hydrogens is 598 g/mol. The monoisotopic (exact) mass is 661 g/mol. The Morgan fingerprint density at radius 2 is 1.58 bits per heavy atom. The van der Waals surface area contributed by atoms with Gasteiger partial charge in [0.1, 0.15) is 5.78 Å². The van der Waals surface area contributed by atoms with Crippen LogP contribution < -0.4 is 5.32 Å². The topological polar surface area (TPSA) is 101 Å². The van der Waals surface area contributed by atoms with Gasteiger partial charge in [0.05, 0.1) is 5.92 Å². The van der Waals surface area contributed by atoms with E-state index in [9.17, 15) is 24.3 Å². The lowest BCUT2D eigenvalue weighted by Gasteiger charge is -2.69. The fourth-order valence-corrected chi connectivity index (χ4v) is 14.0. The summed E-state index contributed by atoms with van der Waals surface area (Å²) in [7, 11) is 0. The molecule has 2 N–H and O–H groups in total. The van der Waals surface area contributed by atoms with Gasteiger partial charge in [0.15, 0.2) is 5.78 Å². The Hall–Kier alpha value is -1.98. The molecule has 1 amide bonds. The summed E-state index contributed by atoms with van der Waals surface area (Å²) in [5, 5.41) is 12.7. The molecular formula is C42H63NO5. The predicted octanol–water partition coefficient (Wildman–Crippen LogP) is 8.43. The highest BCUT2D eigenvalue weighted by Crippen LogP contribution is 2.74. The zero-order chi connectivity index (χ0) is 34.6. The maximum absolute atomic E-state index is 13.8. The van der Waals surface area contributed by atoms with Crippen molar-refractivity contribution in [2.75, 3.05) is 6.54 Å². The van der Waals surface area contributed by atoms with Crippen LogP contribution in [0, 0.1) is 80.8 Å². The number of aliphatic carboxylic acids is 1. The second-order valence-corrected chi connectivity index (χ2v) is 19.5. The van der Waals surface area contributed by atoms with Crippen LogP contribution in [-0.4, -0.2) is 35.1 Å². The summed E-state index contributed by atoms with van der Waals surface area (Å²) in [6, 6.07) is 0. The number of allylic oxidation sites excluding steroid dienone is 2. The molecule has 0 heterocycles. The summed E-state index contributed by atoms with van der Waals surface area (Å²) in [4.78, 5) is 51.4. The summed E-state index contributed by atoms with van der Waals surface area (Å²) in [6.45, 7) is 17.2. The van der Waals surface area contributed by atoms with Crippen molar-refractivity contribution in [3.63, 3.8) is 0 Å². The van der Waals surface area contributed by atoms with Crippen molar-refractivity contribution in [2.24, 2.45) is 80.8 Å². The van der Waals surface area contributed by atoms with Gasteiger partial charge in [0.2, 0.25) is 5.91 Å². The molecule has 0 aromatic carbocycles. The fourth-order valence-electron chi connectivity index (χ4n) is 14.0. The average Bonchev–Trinajstić information content (AvgIpc) is 3.80. The van der Waals surface area contributed by atoms with Crippen molar-refractivity contribution in [1.82, 2.24) is 5.32 Å². The Kier molecular flexibility index (Phi) is 8.47. The number of amides is 1. The van der Waals surface area contributed by atoms with Gasteiger partial charge in [-0.05, 0) is 140 Å². The number of carboxylic acid groups (broad SMARTS) is 1. The minimum absolute atomic E-state index is 0.0465. The Morgan fingerprint density at radius 1 is 0.875 bits per heavy atom. The van der Waals surface area contributed by atoms with Gasteiger partial charge in [-0.15, -0.1) is 0 Å². The standard InChI is InChI=1S/C42H63NO5/c1-23(2)35-32(45)22-42(18-19-43-37(46)25-8-9-25)17-13-30-27(36(35)42)10-11-34-40(30,6)16-14-33-39(4,5)26(12-15-41(33,34)7)20-31(44)28-21-29(24(28)3)38(47)48/h23-30,33-34H,8-22H2,1-7H3,(H,43,46)(H,47,48). The summed E-state index contributed by atoms with van der Waals surface area (Å²) >= 11 is 0. The van der Waals surface area contributed by atoms with Crippen LogP contribution in [0.5, 0.6) is 0 Å². The molecule has 6 fully saturated rings. The predicted molar refractivity (Wildman–Crippen MR) is 187 cm³/mol. The van der Waals surface area contributed by atoms with Gasteiger partial charge in [-0.25, -0.2) is 0 Å². The third-order valence-electron chi connectivity index (χ3n) is 16.8. The van der Waals surface area contributed by atoms with Gasteiger partial charge in [-0.3, -0.25) is 19.2 Å². The molecule has 0 saturated heterocycles. The first-order chi connectivity index (χ1) is 22.5. The van der Waals surface area contributed by atoms with E-state index in [1.807, 2.05) is 6.92 Å². The molecule has 7 rings (SSSR count). The molecule has 48 heavy (non-hydrogen) atoms. The molecule has 0 bridgehead atoms. The number of hydrogen-bond donors (Lipinski definition) is 2. The summed E-state index contributed by atoms with van der Waals surface area (Å²) in [6.07, 6.45) is 14.1. The third-order valence-corrected chi connectivity index (χ3v) is 16.8. The highest BCUT2D eigenvalue weighted by molar-refractivity contribution is 6.00. The van der Waals surface area contributed by atoms with Gasteiger partial charge in [-0.2, -0.15) is 0 Å². The molecule has 7 aliphatic carbocycles. The molecule has 0 aliphatic heterocycles. The molecule has 6 heteroatoms. The Labute approximate surface area is 289 Å². The Morgan fingerprint density at radius 3 is 2.23 bits per heavy atom. The van der Waals surface area contributed by atoms with Crippen LogP contribution in [0.1, 0.15) is 138 Å². The van der Waals surface area contributed by atoms with Crippen LogP contribution in [-0.2, 0) is 19.2 Å². The van der Waals surface area contributed by atoms with Crippen molar-refractivity contribution in [3.8, 4) is 0 Å². The quantitative estimate of drug-likeness (QED) is 0.258. The van der Waals surface area contributed by atoms with Crippen LogP contribution in [0.25, 0.3) is 0 Å². The van der Waals surface area contributed by atoms with E-state index in [1.54, 1.807) is 0 Å². The molecule has 11 unspecified atom stereocenters. The van der Waals surface area contributed by atoms with Crippen LogP contribution >= 0.6 is 0 Å². The van der Waals surface area contributed by atoms with E-state index in [4.69, 9.17) is 0 Å². The summed E-state index contributed by atoms with van der Waals surface area (Å²) in [5.74, 6) is 2.77. The number of hydrogen-bond acceptors (Lipinski definition) is 4. The SMILES string of the molecule is CC(C)C1=C2C3CCC4C(C)(CCC5C(C)(C)C(CC(=O)C6CC(C(=O)O)C6C)CCC54C)C3CCC2(CCNC(=O)C2CC2)CC1=O. The average molecular weight is 662 g/mol. The van der Waals surface area contributed by atoms with E-state index < -0.39 is 5.97 Å². The van der Waals surface area contributed by atoms with E-state index in [-0.39, 0.29) is 57.2 Å². The first-order valence-corrected chi connectivity index (χ1v) is 19.9. The second-order valence-electron chi connectivity index (χ2n) is 19.5. The molecule has 6 nitrogen and oxygen atoms in total. The maximum Gasteiger partial charge on any atom is 0.306 e. The molecule has 6 saturated carbocycles. The highest BCUT2D eigenvalue weighted by Gasteiger charge is 2.66. The molecule has 266 valence electrons. The fraction of sp³-hybridized carbons (Fsp3) is 0.857. The minimum atomic E-state index is -0.752. The largest absolute Gasteiger partial charge is 0.481 e. The number of carbonyl (C=O) groups excluding carboxylic acids is 3. The maximum atomic E-state index is 13.8. The third kappa shape index (κ3) is 5.13. The van der Waals surface area contributed by atoms with E-state index in [2.05, 4.69) is 46.9 Å². The van der Waals surface area contributed by atoms with Crippen molar-refractivity contribution >= 4 is 23.4 Å². The molecule has 0 aromatic rings. The first-order valence-electron chi connectivity index (χ1n) is 19.9. The Bertz CT molecular complexity index is 1410. The normalized spacial score (nSPS) is 44.6. The number of ketones is 2. The zero-order valence-electron chi connectivity index (χ0n) is 31.0. The van der Waals surface area contributed by atoms with E-state index in [0.717, 1.165) is 37.7 Å². The smallest absolute Gasteiger partial charge is 0.306 e. The van der Waals surface area contributed by atoms with Crippen molar-refractivity contribution < 1.29 is 24.3 Å². The Balaban J connectivity index is 1.10. The van der Waals surface area contributed by atoms with Gasteiger partial charge < -0.3 is 10.4 Å². The van der Waals surface area contributed by atoms with Crippen LogP contribution in [0.4, 0.5) is 0 Å². The second kappa shape index (κ2) is 11.8. The lowest BCUT2D eigenvalue weighted by atomic mass is 9.35. The van der Waals surface area contributed by atoms with Crippen molar-refractivity contribution in [3.05, 3.63) is 11.1 Å². The van der Waals surface area contributed by atoms with Gasteiger partial charge in [0.25, 0.3) is 0 Å². The lowest BCUT2D eigenvalue weighted by Crippen LogP contribution is -2.62. The number of carboxylic acids is 1. The van der Waals surface area contributed by atoms with Crippen LogP contribution in [0.15, 0.2) is 11.1 Å². The summed E-state index contributed by atoms with van der Waals surface area (Å²) in [5.41, 5.74) is 3.13. The molecule has 0 spiro atoms. The molecule has 0 aromatic heterocycles. The highest BCUT2D eigenvalue weighted by atomic mass is 16.4. The first kappa shape index (κ1) is 34.5. The van der Waals surface area contributed by atoms with Gasteiger partial charge in [-0.1, -0.05) is 54.0 Å². The van der Waals surface area contributed by atoms with Crippen molar-refractivity contribution in [1.29, 1.82) is 0 Å². The van der Waals surface area contributed by atoms with E-state index >= 15 is 0 Å². The van der Waals surface area contributed by atoms with Gasteiger partial charge in [0, 0.05) is 36.6 Å². The number of fused-ring (bicyclic) bond motifs is 7. The number of Topliss-reactive ketones (excluding diaryl/α,β-unsaturated/α-hetero) is 2. The lowest BCUT2D eigenvalue weighted by molar-refractivity contribution is -0.193.